The minimum absolute atomic E-state index is 0.236. The molecule has 0 aromatic carbocycles. The summed E-state index contributed by atoms with van der Waals surface area (Å²) in [5, 5.41) is 12.4. The molecule has 0 aliphatic rings. The summed E-state index contributed by atoms with van der Waals surface area (Å²) in [6, 6.07) is 2.60. The predicted molar refractivity (Wildman–Crippen MR) is 53.3 cm³/mol. The van der Waals surface area contributed by atoms with Crippen molar-refractivity contribution in [3.63, 3.8) is 0 Å². The van der Waals surface area contributed by atoms with Crippen molar-refractivity contribution >= 4 is 0 Å². The molecular weight excluding hydrogens is 164 g/mol. The zero-order valence-electron chi connectivity index (χ0n) is 9.22. The number of ether oxygens (including phenoxy) is 1. The van der Waals surface area contributed by atoms with Crippen LogP contribution in [0.2, 0.25) is 0 Å². The van der Waals surface area contributed by atoms with Crippen LogP contribution in [0.25, 0.3) is 0 Å². The van der Waals surface area contributed by atoms with Gasteiger partial charge < -0.3 is 4.74 Å². The molecule has 0 rings (SSSR count). The number of hydrogen-bond donors (Lipinski definition) is 1. The first-order valence-electron chi connectivity index (χ1n) is 4.66. The van der Waals surface area contributed by atoms with E-state index in [1.54, 1.807) is 7.11 Å². The van der Waals surface area contributed by atoms with Gasteiger partial charge in [-0.25, -0.2) is 0 Å². The molecule has 0 aromatic rings. The number of nitrogens with zero attached hydrogens (tertiary/aromatic N) is 1. The van der Waals surface area contributed by atoms with Gasteiger partial charge in [0.25, 0.3) is 0 Å². The van der Waals surface area contributed by atoms with E-state index in [4.69, 9.17) is 10.00 Å². The van der Waals surface area contributed by atoms with E-state index >= 15 is 0 Å². The average Bonchev–Trinajstić information content (AvgIpc) is 2.02. The molecule has 0 heterocycles. The zero-order valence-corrected chi connectivity index (χ0v) is 9.22. The Kier molecular flexibility index (Phi) is 4.97. The van der Waals surface area contributed by atoms with Crippen molar-refractivity contribution in [1.29, 1.82) is 5.26 Å². The van der Waals surface area contributed by atoms with Crippen molar-refractivity contribution in [3.05, 3.63) is 0 Å². The van der Waals surface area contributed by atoms with Gasteiger partial charge in [0.2, 0.25) is 0 Å². The minimum Gasteiger partial charge on any atom is -0.382 e. The van der Waals surface area contributed by atoms with Gasteiger partial charge in [0.1, 0.15) is 5.54 Å². The molecule has 3 nitrogen and oxygen atoms in total. The van der Waals surface area contributed by atoms with Crippen molar-refractivity contribution in [2.75, 3.05) is 13.7 Å². The molecule has 1 unspecified atom stereocenters. The highest BCUT2D eigenvalue weighted by molar-refractivity contribution is 5.10. The van der Waals surface area contributed by atoms with Crippen LogP contribution in [0.15, 0.2) is 0 Å². The smallest absolute Gasteiger partial charge is 0.132 e. The maximum Gasteiger partial charge on any atom is 0.132 e. The van der Waals surface area contributed by atoms with Crippen LogP contribution in [-0.4, -0.2) is 25.3 Å². The van der Waals surface area contributed by atoms with Crippen molar-refractivity contribution in [2.24, 2.45) is 5.92 Å². The predicted octanol–water partition coefficient (Wildman–Crippen LogP) is 1.55. The molecule has 1 N–H and O–H groups in total. The summed E-state index contributed by atoms with van der Waals surface area (Å²) in [6.07, 6.45) is 0. The summed E-state index contributed by atoms with van der Waals surface area (Å²) >= 11 is 0. The van der Waals surface area contributed by atoms with Crippen molar-refractivity contribution in [3.8, 4) is 6.07 Å². The summed E-state index contributed by atoms with van der Waals surface area (Å²) < 4.78 is 5.08. The molecule has 13 heavy (non-hydrogen) atoms. The molecule has 1 atom stereocenters. The monoisotopic (exact) mass is 184 g/mol. The standard InChI is InChI=1S/C10H20N2O/c1-8(2)10(6-11,7-13-5)12-9(3)4/h8-9,12H,7H2,1-5H3. The van der Waals surface area contributed by atoms with Crippen LogP contribution in [0, 0.1) is 17.2 Å². The van der Waals surface area contributed by atoms with E-state index in [0.29, 0.717) is 6.61 Å². The van der Waals surface area contributed by atoms with Gasteiger partial charge in [0, 0.05) is 13.2 Å². The summed E-state index contributed by atoms with van der Waals surface area (Å²) in [7, 11) is 1.62. The van der Waals surface area contributed by atoms with Crippen LogP contribution in [0.1, 0.15) is 27.7 Å². The van der Waals surface area contributed by atoms with Crippen LogP contribution in [-0.2, 0) is 4.74 Å². The van der Waals surface area contributed by atoms with Gasteiger partial charge in [0.05, 0.1) is 12.7 Å². The third-order valence-electron chi connectivity index (χ3n) is 2.10. The normalized spacial score (nSPS) is 15.8. The van der Waals surface area contributed by atoms with E-state index in [9.17, 15) is 0 Å². The zero-order chi connectivity index (χ0) is 10.5. The second-order valence-corrected chi connectivity index (χ2v) is 3.97. The van der Waals surface area contributed by atoms with Gasteiger partial charge in [0.15, 0.2) is 0 Å². The topological polar surface area (TPSA) is 45.0 Å². The first-order valence-corrected chi connectivity index (χ1v) is 4.66. The van der Waals surface area contributed by atoms with Gasteiger partial charge in [-0.3, -0.25) is 5.32 Å². The third-order valence-corrected chi connectivity index (χ3v) is 2.10. The molecular formula is C10H20N2O. The molecule has 0 bridgehead atoms. The maximum atomic E-state index is 9.13. The molecule has 0 aromatic heterocycles. The Morgan fingerprint density at radius 1 is 1.38 bits per heavy atom. The van der Waals surface area contributed by atoms with Crippen LogP contribution < -0.4 is 5.32 Å². The first-order chi connectivity index (χ1) is 5.98. The van der Waals surface area contributed by atoms with E-state index in [-0.39, 0.29) is 12.0 Å². The van der Waals surface area contributed by atoms with Crippen LogP contribution in [0.4, 0.5) is 0 Å². The molecule has 0 radical (unpaired) electrons. The lowest BCUT2D eigenvalue weighted by Gasteiger charge is -2.33. The van der Waals surface area contributed by atoms with Gasteiger partial charge in [-0.05, 0) is 19.8 Å². The molecule has 0 saturated heterocycles. The Hall–Kier alpha value is -0.590. The van der Waals surface area contributed by atoms with E-state index in [0.717, 1.165) is 0 Å². The highest BCUT2D eigenvalue weighted by Crippen LogP contribution is 2.17. The fraction of sp³-hybridized carbons (Fsp3) is 0.900. The molecule has 0 spiro atoms. The Balaban J connectivity index is 4.57. The number of methoxy groups -OCH3 is 1. The van der Waals surface area contributed by atoms with Gasteiger partial charge in [-0.1, -0.05) is 13.8 Å². The fourth-order valence-electron chi connectivity index (χ4n) is 1.31. The lowest BCUT2D eigenvalue weighted by molar-refractivity contribution is 0.106. The van der Waals surface area contributed by atoms with Crippen LogP contribution in [0.5, 0.6) is 0 Å². The van der Waals surface area contributed by atoms with Gasteiger partial charge in [-0.15, -0.1) is 0 Å². The van der Waals surface area contributed by atoms with E-state index < -0.39 is 5.54 Å². The molecule has 3 heteroatoms. The van der Waals surface area contributed by atoms with Crippen molar-refractivity contribution in [1.82, 2.24) is 5.32 Å². The molecule has 0 fully saturated rings. The first kappa shape index (κ1) is 12.4. The lowest BCUT2D eigenvalue weighted by atomic mass is 9.88. The SMILES string of the molecule is COCC(C#N)(NC(C)C)C(C)C. The highest BCUT2D eigenvalue weighted by atomic mass is 16.5. The largest absolute Gasteiger partial charge is 0.382 e. The lowest BCUT2D eigenvalue weighted by Crippen LogP contribution is -2.54. The summed E-state index contributed by atoms with van der Waals surface area (Å²) in [5.41, 5.74) is -0.553. The van der Waals surface area contributed by atoms with Gasteiger partial charge >= 0.3 is 0 Å². The summed E-state index contributed by atoms with van der Waals surface area (Å²) in [4.78, 5) is 0. The Labute approximate surface area is 81.1 Å². The van der Waals surface area contributed by atoms with Crippen LogP contribution in [0.3, 0.4) is 0 Å². The fourth-order valence-corrected chi connectivity index (χ4v) is 1.31. The quantitative estimate of drug-likeness (QED) is 0.705. The minimum atomic E-state index is -0.553. The Morgan fingerprint density at radius 3 is 2.15 bits per heavy atom. The number of rotatable bonds is 5. The van der Waals surface area contributed by atoms with Gasteiger partial charge in [-0.2, -0.15) is 5.26 Å². The summed E-state index contributed by atoms with van der Waals surface area (Å²) in [6.45, 7) is 8.54. The Morgan fingerprint density at radius 2 is 1.92 bits per heavy atom. The number of hydrogen-bond acceptors (Lipinski definition) is 3. The van der Waals surface area contributed by atoms with Crippen molar-refractivity contribution < 1.29 is 4.74 Å². The molecule has 0 amide bonds. The second kappa shape index (κ2) is 5.21. The van der Waals surface area contributed by atoms with Crippen molar-refractivity contribution in [2.45, 2.75) is 39.3 Å². The molecule has 76 valence electrons. The average molecular weight is 184 g/mol. The van der Waals surface area contributed by atoms with E-state index in [1.807, 2.05) is 27.7 Å². The molecule has 0 aliphatic heterocycles. The van der Waals surface area contributed by atoms with E-state index in [2.05, 4.69) is 11.4 Å². The summed E-state index contributed by atoms with van der Waals surface area (Å²) in [5.74, 6) is 0.236. The van der Waals surface area contributed by atoms with Crippen LogP contribution >= 0.6 is 0 Å². The molecule has 0 saturated carbocycles. The highest BCUT2D eigenvalue weighted by Gasteiger charge is 2.34. The third kappa shape index (κ3) is 3.33. The number of nitriles is 1. The Bertz CT molecular complexity index is 184. The number of nitrogens with one attached hydrogen (secondary N) is 1. The second-order valence-electron chi connectivity index (χ2n) is 3.97. The van der Waals surface area contributed by atoms with E-state index in [1.165, 1.54) is 0 Å². The maximum absolute atomic E-state index is 9.13. The molecule has 0 aliphatic carbocycles.